The lowest BCUT2D eigenvalue weighted by Crippen LogP contribution is -2.18. The van der Waals surface area contributed by atoms with Crippen LogP contribution in [0, 0.1) is 0 Å². The number of amides is 2. The standard InChI is InChI=1S/C12H7NO4S2/c14-11-10(18-12(15)13-11)8-5-6-19(16,17)9-4-2-1-3-7(8)9/h1-6H,(H,13,14,15)/b10-8+. The van der Waals surface area contributed by atoms with E-state index in [4.69, 9.17) is 0 Å². The van der Waals surface area contributed by atoms with Gasteiger partial charge in [-0.2, -0.15) is 0 Å². The Kier molecular flexibility index (Phi) is 2.61. The van der Waals surface area contributed by atoms with Crippen molar-refractivity contribution in [2.45, 2.75) is 4.90 Å². The van der Waals surface area contributed by atoms with Crippen LogP contribution >= 0.6 is 11.8 Å². The number of imide groups is 1. The van der Waals surface area contributed by atoms with Gasteiger partial charge in [-0.3, -0.25) is 14.9 Å². The summed E-state index contributed by atoms with van der Waals surface area (Å²) in [6, 6.07) is 6.40. The maximum absolute atomic E-state index is 11.9. The predicted molar refractivity (Wildman–Crippen MR) is 70.8 cm³/mol. The maximum atomic E-state index is 11.9. The molecular formula is C12H7NO4S2. The largest absolute Gasteiger partial charge is 0.290 e. The van der Waals surface area contributed by atoms with E-state index in [0.29, 0.717) is 11.1 Å². The van der Waals surface area contributed by atoms with Crippen LogP contribution in [0.4, 0.5) is 4.79 Å². The minimum Gasteiger partial charge on any atom is -0.282 e. The molecule has 1 aromatic rings. The molecule has 1 saturated heterocycles. The van der Waals surface area contributed by atoms with E-state index < -0.39 is 21.0 Å². The first-order chi connectivity index (χ1) is 8.99. The monoisotopic (exact) mass is 293 g/mol. The normalized spacial score (nSPS) is 24.2. The van der Waals surface area contributed by atoms with E-state index >= 15 is 0 Å². The fraction of sp³-hybridized carbons (Fsp3) is 0. The molecule has 5 nitrogen and oxygen atoms in total. The first-order valence-corrected chi connectivity index (χ1v) is 7.65. The zero-order valence-corrected chi connectivity index (χ0v) is 11.0. The van der Waals surface area contributed by atoms with Gasteiger partial charge in [0.1, 0.15) is 0 Å². The van der Waals surface area contributed by atoms with E-state index in [1.807, 2.05) is 0 Å². The molecule has 0 saturated carbocycles. The fourth-order valence-electron chi connectivity index (χ4n) is 1.95. The average molecular weight is 293 g/mol. The van der Waals surface area contributed by atoms with Gasteiger partial charge in [-0.25, -0.2) is 8.42 Å². The molecule has 0 unspecified atom stereocenters. The first kappa shape index (κ1) is 12.2. The summed E-state index contributed by atoms with van der Waals surface area (Å²) in [7, 11) is -3.48. The fourth-order valence-corrected chi connectivity index (χ4v) is 3.92. The van der Waals surface area contributed by atoms with Crippen LogP contribution in [0.5, 0.6) is 0 Å². The van der Waals surface area contributed by atoms with E-state index in [0.717, 1.165) is 17.2 Å². The Morgan fingerprint density at radius 1 is 1.11 bits per heavy atom. The Morgan fingerprint density at radius 3 is 2.53 bits per heavy atom. The van der Waals surface area contributed by atoms with Gasteiger partial charge in [-0.15, -0.1) is 0 Å². The molecule has 96 valence electrons. The number of hydrogen-bond acceptors (Lipinski definition) is 5. The van der Waals surface area contributed by atoms with Gasteiger partial charge >= 0.3 is 0 Å². The van der Waals surface area contributed by atoms with Crippen molar-refractivity contribution in [2.24, 2.45) is 0 Å². The molecule has 2 aliphatic heterocycles. The molecule has 2 amide bonds. The molecule has 0 spiro atoms. The van der Waals surface area contributed by atoms with Crippen molar-refractivity contribution in [3.05, 3.63) is 46.2 Å². The van der Waals surface area contributed by atoms with Crippen LogP contribution in [-0.2, 0) is 14.6 Å². The number of rotatable bonds is 0. The number of hydrogen-bond donors (Lipinski definition) is 1. The van der Waals surface area contributed by atoms with Crippen molar-refractivity contribution in [1.29, 1.82) is 0 Å². The van der Waals surface area contributed by atoms with Crippen LogP contribution in [-0.4, -0.2) is 19.6 Å². The Hall–Kier alpha value is -1.86. The lowest BCUT2D eigenvalue weighted by atomic mass is 10.0. The molecule has 0 radical (unpaired) electrons. The molecule has 1 N–H and O–H groups in total. The summed E-state index contributed by atoms with van der Waals surface area (Å²) in [5.41, 5.74) is 0.899. The molecule has 2 heterocycles. The summed E-state index contributed by atoms with van der Waals surface area (Å²) in [4.78, 5) is 23.2. The molecule has 0 aromatic heterocycles. The molecule has 0 atom stereocenters. The van der Waals surface area contributed by atoms with Crippen LogP contribution in [0.2, 0.25) is 0 Å². The highest BCUT2D eigenvalue weighted by Crippen LogP contribution is 2.38. The summed E-state index contributed by atoms with van der Waals surface area (Å²) < 4.78 is 23.8. The second-order valence-electron chi connectivity index (χ2n) is 3.93. The summed E-state index contributed by atoms with van der Waals surface area (Å²) >= 11 is 0.778. The van der Waals surface area contributed by atoms with Gasteiger partial charge in [0.25, 0.3) is 11.1 Å². The Bertz CT molecular complexity index is 775. The predicted octanol–water partition coefficient (Wildman–Crippen LogP) is 1.68. The third-order valence-corrected chi connectivity index (χ3v) is 5.12. The zero-order valence-electron chi connectivity index (χ0n) is 9.41. The van der Waals surface area contributed by atoms with Gasteiger partial charge in [0.2, 0.25) is 0 Å². The van der Waals surface area contributed by atoms with E-state index in [9.17, 15) is 18.0 Å². The quantitative estimate of drug-likeness (QED) is 0.736. The SMILES string of the molecule is O=C1NC(=O)/C(=C2/C=CS(=O)(=O)c3ccccc32)S1. The van der Waals surface area contributed by atoms with Gasteiger partial charge < -0.3 is 0 Å². The van der Waals surface area contributed by atoms with Crippen molar-refractivity contribution in [2.75, 3.05) is 0 Å². The highest BCUT2D eigenvalue weighted by Gasteiger charge is 2.31. The maximum Gasteiger partial charge on any atom is 0.290 e. The van der Waals surface area contributed by atoms with E-state index in [2.05, 4.69) is 5.32 Å². The summed E-state index contributed by atoms with van der Waals surface area (Å²) in [6.07, 6.45) is 1.36. The molecule has 0 bridgehead atoms. The van der Waals surface area contributed by atoms with Crippen molar-refractivity contribution in [3.8, 4) is 0 Å². The summed E-state index contributed by atoms with van der Waals surface area (Å²) in [5, 5.41) is 2.76. The van der Waals surface area contributed by atoms with Crippen LogP contribution in [0.3, 0.4) is 0 Å². The second-order valence-corrected chi connectivity index (χ2v) is 6.72. The Labute approximate surface area is 113 Å². The number of benzene rings is 1. The van der Waals surface area contributed by atoms with Crippen molar-refractivity contribution in [3.63, 3.8) is 0 Å². The number of sulfone groups is 1. The highest BCUT2D eigenvalue weighted by molar-refractivity contribution is 8.18. The van der Waals surface area contributed by atoms with Gasteiger partial charge in [-0.05, 0) is 23.9 Å². The lowest BCUT2D eigenvalue weighted by Gasteiger charge is -2.14. The molecular weight excluding hydrogens is 286 g/mol. The minimum atomic E-state index is -3.48. The highest BCUT2D eigenvalue weighted by atomic mass is 32.2. The van der Waals surface area contributed by atoms with Crippen LogP contribution < -0.4 is 5.32 Å². The van der Waals surface area contributed by atoms with Gasteiger partial charge in [0.05, 0.1) is 9.80 Å². The number of fused-ring (bicyclic) bond motifs is 1. The smallest absolute Gasteiger partial charge is 0.282 e. The van der Waals surface area contributed by atoms with Gasteiger partial charge in [0.15, 0.2) is 9.84 Å². The number of carbonyl (C=O) groups is 2. The molecule has 3 rings (SSSR count). The molecule has 2 aliphatic rings. The Balaban J connectivity index is 2.30. The Morgan fingerprint density at radius 2 is 1.84 bits per heavy atom. The minimum absolute atomic E-state index is 0.146. The van der Waals surface area contributed by atoms with Crippen LogP contribution in [0.15, 0.2) is 45.6 Å². The zero-order chi connectivity index (χ0) is 13.6. The molecule has 19 heavy (non-hydrogen) atoms. The molecule has 1 aromatic carbocycles. The third kappa shape index (κ3) is 1.91. The average Bonchev–Trinajstić information content (AvgIpc) is 2.69. The molecule has 0 aliphatic carbocycles. The summed E-state index contributed by atoms with van der Waals surface area (Å²) in [6.45, 7) is 0. The third-order valence-electron chi connectivity index (χ3n) is 2.76. The van der Waals surface area contributed by atoms with Crippen LogP contribution in [0.25, 0.3) is 5.57 Å². The first-order valence-electron chi connectivity index (χ1n) is 5.29. The number of nitrogens with one attached hydrogen (secondary N) is 1. The number of allylic oxidation sites excluding steroid dienone is 2. The van der Waals surface area contributed by atoms with Crippen molar-refractivity contribution in [1.82, 2.24) is 5.32 Å². The topological polar surface area (TPSA) is 80.3 Å². The molecule has 7 heteroatoms. The van der Waals surface area contributed by atoms with Gasteiger partial charge in [-0.1, -0.05) is 18.2 Å². The number of carbonyl (C=O) groups excluding carboxylic acids is 2. The van der Waals surface area contributed by atoms with E-state index in [1.54, 1.807) is 18.2 Å². The van der Waals surface area contributed by atoms with Gasteiger partial charge in [0, 0.05) is 16.5 Å². The number of thioether (sulfide) groups is 1. The summed E-state index contributed by atoms with van der Waals surface area (Å²) in [5.74, 6) is -0.497. The second kappa shape index (κ2) is 4.07. The van der Waals surface area contributed by atoms with Crippen molar-refractivity contribution >= 4 is 38.3 Å². The van der Waals surface area contributed by atoms with E-state index in [-0.39, 0.29) is 9.80 Å². The van der Waals surface area contributed by atoms with Crippen molar-refractivity contribution < 1.29 is 18.0 Å². The molecule has 1 fully saturated rings. The van der Waals surface area contributed by atoms with Crippen LogP contribution in [0.1, 0.15) is 5.56 Å². The lowest BCUT2D eigenvalue weighted by molar-refractivity contribution is -0.115. The van der Waals surface area contributed by atoms with E-state index in [1.165, 1.54) is 12.1 Å².